The van der Waals surface area contributed by atoms with Crippen LogP contribution in [0.1, 0.15) is 26.3 Å². The molecule has 2 heterocycles. The Morgan fingerprint density at radius 1 is 0.900 bits per heavy atom. The normalized spacial score (nSPS) is 11.0. The molecule has 0 saturated carbocycles. The topological polar surface area (TPSA) is 127 Å². The van der Waals surface area contributed by atoms with Crippen molar-refractivity contribution < 1.29 is 28.0 Å². The first kappa shape index (κ1) is 28.6. The van der Waals surface area contributed by atoms with Gasteiger partial charge in [0.1, 0.15) is 13.2 Å². The fourth-order valence-electron chi connectivity index (χ4n) is 3.37. The third kappa shape index (κ3) is 7.58. The number of ether oxygens (including phenoxy) is 4. The van der Waals surface area contributed by atoms with E-state index in [4.69, 9.17) is 23.2 Å². The average Bonchev–Trinajstić information content (AvgIpc) is 2.97. The summed E-state index contributed by atoms with van der Waals surface area (Å²) in [6.45, 7) is 6.81. The fraction of sp³-hybridized carbons (Fsp3) is 0.250. The number of benzene rings is 2. The summed E-state index contributed by atoms with van der Waals surface area (Å²) in [6.07, 6.45) is 3.15. The van der Waals surface area contributed by atoms with Gasteiger partial charge in [-0.3, -0.25) is 4.79 Å². The highest BCUT2D eigenvalue weighted by molar-refractivity contribution is 7.94. The zero-order valence-corrected chi connectivity index (χ0v) is 23.3. The molecule has 0 atom stereocenters. The van der Waals surface area contributed by atoms with E-state index in [1.54, 1.807) is 36.7 Å². The van der Waals surface area contributed by atoms with E-state index in [0.717, 1.165) is 16.9 Å². The maximum atomic E-state index is 10.6. The Morgan fingerprint density at radius 2 is 1.62 bits per heavy atom. The van der Waals surface area contributed by atoms with Crippen molar-refractivity contribution in [3.8, 4) is 34.8 Å². The van der Waals surface area contributed by atoms with E-state index < -0.39 is 0 Å². The van der Waals surface area contributed by atoms with Crippen molar-refractivity contribution in [1.82, 2.24) is 19.9 Å². The van der Waals surface area contributed by atoms with Gasteiger partial charge in [-0.25, -0.2) is 20.4 Å². The lowest BCUT2D eigenvalue weighted by atomic mass is 9.87. The lowest BCUT2D eigenvalue weighted by Gasteiger charge is -2.19. The zero-order valence-electron chi connectivity index (χ0n) is 22.5. The molecule has 0 aliphatic rings. The Hall–Kier alpha value is -4.42. The molecule has 0 spiro atoms. The summed E-state index contributed by atoms with van der Waals surface area (Å²) in [5.74, 6) is 1.59. The largest absolute Gasteiger partial charge is 0.493 e. The van der Waals surface area contributed by atoms with Crippen molar-refractivity contribution in [2.24, 2.45) is 0 Å². The maximum absolute atomic E-state index is 10.6. The minimum Gasteiger partial charge on any atom is -0.493 e. The van der Waals surface area contributed by atoms with Crippen LogP contribution in [0.25, 0.3) is 11.6 Å². The van der Waals surface area contributed by atoms with E-state index in [1.807, 2.05) is 18.2 Å². The number of para-hydroxylation sites is 2. The summed E-state index contributed by atoms with van der Waals surface area (Å²) >= 11 is 1.11. The Bertz CT molecular complexity index is 1400. The smallest absolute Gasteiger partial charge is 0.293 e. The third-order valence-electron chi connectivity index (χ3n) is 5.39. The first-order valence-electron chi connectivity index (χ1n) is 12.3. The summed E-state index contributed by atoms with van der Waals surface area (Å²) in [7, 11) is 1.53. The predicted molar refractivity (Wildman–Crippen MR) is 149 cm³/mol. The predicted octanol–water partition coefficient (Wildman–Crippen LogP) is 5.63. The second-order valence-corrected chi connectivity index (χ2v) is 10.0. The van der Waals surface area contributed by atoms with E-state index >= 15 is 0 Å². The van der Waals surface area contributed by atoms with Gasteiger partial charge in [0.15, 0.2) is 17.3 Å². The third-order valence-corrected chi connectivity index (χ3v) is 6.02. The minimum absolute atomic E-state index is 0.00154. The summed E-state index contributed by atoms with van der Waals surface area (Å²) in [5.41, 5.74) is 4.09. The van der Waals surface area contributed by atoms with Gasteiger partial charge in [-0.1, -0.05) is 45.0 Å². The molecule has 0 radical (unpaired) electrons. The lowest BCUT2D eigenvalue weighted by molar-refractivity contribution is -0.129. The molecule has 4 aromatic rings. The molecular formula is C28H29N5O6S. The molecular weight excluding hydrogens is 534 g/mol. The molecule has 0 fully saturated rings. The molecule has 0 saturated heterocycles. The standard InChI is InChI=1S/C28H29N5O6S/c1-28(2,3)19-10-12-20(13-11-19)40-39-33-24-23(38-22-9-6-5-8-21(22)35-4)27(37-17-16-36-18-34)32-26(31-24)25-29-14-7-15-30-25/h5-15,18H,16-17H2,1-4H3,(H,31,32,33). The molecule has 11 nitrogen and oxygen atoms in total. The van der Waals surface area contributed by atoms with Gasteiger partial charge in [-0.15, -0.1) is 0 Å². The van der Waals surface area contributed by atoms with Crippen LogP contribution in [0, 0.1) is 0 Å². The van der Waals surface area contributed by atoms with Crippen molar-refractivity contribution >= 4 is 24.3 Å². The second-order valence-electron chi connectivity index (χ2n) is 9.21. The van der Waals surface area contributed by atoms with Crippen LogP contribution in [0.2, 0.25) is 0 Å². The van der Waals surface area contributed by atoms with Crippen molar-refractivity contribution in [2.45, 2.75) is 31.1 Å². The van der Waals surface area contributed by atoms with Gasteiger partial charge in [0.2, 0.25) is 17.4 Å². The van der Waals surface area contributed by atoms with Crippen molar-refractivity contribution in [3.05, 3.63) is 72.6 Å². The first-order chi connectivity index (χ1) is 19.4. The van der Waals surface area contributed by atoms with E-state index in [-0.39, 0.29) is 47.7 Å². The van der Waals surface area contributed by atoms with Crippen LogP contribution in [0.3, 0.4) is 0 Å². The van der Waals surface area contributed by atoms with Gasteiger partial charge < -0.3 is 18.9 Å². The molecule has 4 rings (SSSR count). The highest BCUT2D eigenvalue weighted by Crippen LogP contribution is 2.41. The molecule has 2 aromatic carbocycles. The highest BCUT2D eigenvalue weighted by Gasteiger charge is 2.22. The summed E-state index contributed by atoms with van der Waals surface area (Å²) < 4.78 is 28.0. The van der Waals surface area contributed by atoms with Crippen LogP contribution < -0.4 is 19.7 Å². The number of rotatable bonds is 13. The molecule has 2 aromatic heterocycles. The van der Waals surface area contributed by atoms with E-state index in [2.05, 4.69) is 58.3 Å². The van der Waals surface area contributed by atoms with Gasteiger partial charge in [0.05, 0.1) is 19.2 Å². The van der Waals surface area contributed by atoms with Crippen LogP contribution in [0.4, 0.5) is 5.82 Å². The number of carbonyl (C=O) groups excluding carboxylic acids is 1. The molecule has 208 valence electrons. The van der Waals surface area contributed by atoms with Gasteiger partial charge in [-0.05, 0) is 41.3 Å². The van der Waals surface area contributed by atoms with Crippen LogP contribution >= 0.6 is 12.0 Å². The number of nitrogens with one attached hydrogen (secondary N) is 1. The first-order valence-corrected chi connectivity index (χ1v) is 13.0. The zero-order chi connectivity index (χ0) is 28.4. The molecule has 1 N–H and O–H groups in total. The molecule has 0 amide bonds. The van der Waals surface area contributed by atoms with Crippen LogP contribution in [0.15, 0.2) is 71.9 Å². The number of hydrogen-bond donors (Lipinski definition) is 1. The van der Waals surface area contributed by atoms with Crippen LogP contribution in [-0.2, 0) is 19.2 Å². The van der Waals surface area contributed by atoms with Crippen molar-refractivity contribution in [3.63, 3.8) is 0 Å². The Labute approximate surface area is 236 Å². The van der Waals surface area contributed by atoms with E-state index in [1.165, 1.54) is 12.7 Å². The van der Waals surface area contributed by atoms with Gasteiger partial charge >= 0.3 is 0 Å². The fourth-order valence-corrected chi connectivity index (χ4v) is 3.83. The van der Waals surface area contributed by atoms with Gasteiger partial charge in [-0.2, -0.15) is 9.27 Å². The SMILES string of the molecule is COc1ccccc1Oc1c(NOSc2ccc(C(C)(C)C)cc2)nc(-c2ncccn2)nc1OCCOC=O. The number of methoxy groups -OCH3 is 1. The highest BCUT2D eigenvalue weighted by atomic mass is 32.2. The summed E-state index contributed by atoms with van der Waals surface area (Å²) in [4.78, 5) is 29.0. The van der Waals surface area contributed by atoms with Gasteiger partial charge in [0.25, 0.3) is 12.4 Å². The Balaban J connectivity index is 1.67. The molecule has 40 heavy (non-hydrogen) atoms. The van der Waals surface area contributed by atoms with E-state index in [0.29, 0.717) is 18.0 Å². The molecule has 0 unspecified atom stereocenters. The molecule has 0 aliphatic heterocycles. The maximum Gasteiger partial charge on any atom is 0.293 e. The number of anilines is 1. The summed E-state index contributed by atoms with van der Waals surface area (Å²) in [6, 6.07) is 16.8. The monoisotopic (exact) mass is 563 g/mol. The van der Waals surface area contributed by atoms with Gasteiger partial charge in [0, 0.05) is 17.3 Å². The van der Waals surface area contributed by atoms with Crippen LogP contribution in [0.5, 0.6) is 23.1 Å². The number of carbonyl (C=O) groups is 1. The van der Waals surface area contributed by atoms with Crippen molar-refractivity contribution in [2.75, 3.05) is 25.8 Å². The van der Waals surface area contributed by atoms with Crippen LogP contribution in [-0.4, -0.2) is 46.7 Å². The molecule has 0 bridgehead atoms. The Morgan fingerprint density at radius 3 is 2.30 bits per heavy atom. The van der Waals surface area contributed by atoms with E-state index in [9.17, 15) is 4.79 Å². The average molecular weight is 564 g/mol. The number of aromatic nitrogens is 4. The Kier molecular flexibility index (Phi) is 9.71. The number of hydrogen-bond acceptors (Lipinski definition) is 12. The molecule has 0 aliphatic carbocycles. The van der Waals surface area contributed by atoms with Crippen molar-refractivity contribution in [1.29, 1.82) is 0 Å². The summed E-state index contributed by atoms with van der Waals surface area (Å²) in [5, 5.41) is 0. The molecule has 12 heteroatoms. The number of nitrogens with zero attached hydrogens (tertiary/aromatic N) is 4. The second kappa shape index (κ2) is 13.6. The lowest BCUT2D eigenvalue weighted by Crippen LogP contribution is -2.11. The quantitative estimate of drug-likeness (QED) is 0.0936. The minimum atomic E-state index is -0.00154.